The molecule has 1 saturated carbocycles. The first-order valence-electron chi connectivity index (χ1n) is 7.30. The molecule has 0 aromatic heterocycles. The second-order valence-electron chi connectivity index (χ2n) is 6.11. The second-order valence-corrected chi connectivity index (χ2v) is 6.11. The highest BCUT2D eigenvalue weighted by atomic mass is 14.2. The Kier molecular flexibility index (Phi) is 6.16. The van der Waals surface area contributed by atoms with Gasteiger partial charge in [-0.2, -0.15) is 0 Å². The smallest absolute Gasteiger partial charge is 0.0260 e. The Morgan fingerprint density at radius 3 is 1.88 bits per heavy atom. The van der Waals surface area contributed by atoms with Crippen LogP contribution in [0.1, 0.15) is 72.6 Å². The van der Waals surface area contributed by atoms with Crippen molar-refractivity contribution in [2.45, 2.75) is 72.6 Å². The summed E-state index contributed by atoms with van der Waals surface area (Å²) in [6.07, 6.45) is 12.4. The van der Waals surface area contributed by atoms with Gasteiger partial charge in [0.15, 0.2) is 0 Å². The summed E-state index contributed by atoms with van der Waals surface area (Å²) in [6.45, 7) is 9.24. The molecule has 0 radical (unpaired) electrons. The van der Waals surface area contributed by atoms with Crippen molar-refractivity contribution in [3.63, 3.8) is 0 Å². The zero-order chi connectivity index (χ0) is 12.0. The van der Waals surface area contributed by atoms with Crippen molar-refractivity contribution in [1.82, 2.24) is 0 Å². The van der Waals surface area contributed by atoms with E-state index in [-0.39, 0.29) is 0 Å². The van der Waals surface area contributed by atoms with Gasteiger partial charge in [0.1, 0.15) is 0 Å². The van der Waals surface area contributed by atoms with Crippen LogP contribution in [0.25, 0.3) is 0 Å². The third kappa shape index (κ3) is 4.72. The Balaban J connectivity index is 0.000000160. The summed E-state index contributed by atoms with van der Waals surface area (Å²) in [5.41, 5.74) is 1.67. The molecule has 1 fully saturated rings. The Morgan fingerprint density at radius 1 is 1.00 bits per heavy atom. The maximum absolute atomic E-state index is 2.39. The van der Waals surface area contributed by atoms with Gasteiger partial charge < -0.3 is 0 Å². The van der Waals surface area contributed by atoms with Crippen LogP contribution in [0.3, 0.4) is 0 Å². The molecule has 0 nitrogen and oxygen atoms in total. The van der Waals surface area contributed by atoms with Crippen molar-refractivity contribution in [3.8, 4) is 0 Å². The molecule has 0 aliphatic heterocycles. The summed E-state index contributed by atoms with van der Waals surface area (Å²) in [5, 5.41) is 0. The van der Waals surface area contributed by atoms with Gasteiger partial charge in [0.25, 0.3) is 0 Å². The van der Waals surface area contributed by atoms with Gasteiger partial charge in [0.2, 0.25) is 0 Å². The molecule has 0 unspecified atom stereocenters. The zero-order valence-corrected chi connectivity index (χ0v) is 11.8. The largest absolute Gasteiger partial charge is 0.0851 e. The summed E-state index contributed by atoms with van der Waals surface area (Å²) in [7, 11) is 0. The molecule has 2 rings (SSSR count). The molecule has 2 aliphatic carbocycles. The van der Waals surface area contributed by atoms with Crippen LogP contribution in [-0.4, -0.2) is 0 Å². The average Bonchev–Trinajstić information content (AvgIpc) is 2.93. The maximum Gasteiger partial charge on any atom is -0.0260 e. The number of hydrogen-bond donors (Lipinski definition) is 0. The summed E-state index contributed by atoms with van der Waals surface area (Å²) >= 11 is 0. The van der Waals surface area contributed by atoms with Gasteiger partial charge in [-0.15, -0.1) is 0 Å². The first-order valence-corrected chi connectivity index (χ1v) is 7.30. The predicted octanol–water partition coefficient (Wildman–Crippen LogP) is 5.59. The van der Waals surface area contributed by atoms with E-state index in [9.17, 15) is 0 Å². The van der Waals surface area contributed by atoms with Crippen LogP contribution >= 0.6 is 0 Å². The third-order valence-electron chi connectivity index (χ3n) is 4.16. The van der Waals surface area contributed by atoms with Gasteiger partial charge >= 0.3 is 0 Å². The van der Waals surface area contributed by atoms with E-state index in [0.29, 0.717) is 0 Å². The highest BCUT2D eigenvalue weighted by molar-refractivity contribution is 5.09. The van der Waals surface area contributed by atoms with Crippen LogP contribution in [0.15, 0.2) is 11.6 Å². The molecule has 0 heteroatoms. The van der Waals surface area contributed by atoms with E-state index in [1.54, 1.807) is 5.57 Å². The minimum atomic E-state index is 0.803. The van der Waals surface area contributed by atoms with Crippen molar-refractivity contribution in [2.75, 3.05) is 0 Å². The van der Waals surface area contributed by atoms with Crippen LogP contribution in [0.2, 0.25) is 0 Å². The lowest BCUT2D eigenvalue weighted by molar-refractivity contribution is 0.396. The van der Waals surface area contributed by atoms with Gasteiger partial charge in [-0.1, -0.05) is 65.0 Å². The van der Waals surface area contributed by atoms with Gasteiger partial charge in [0.05, 0.1) is 0 Å². The SMILES string of the molecule is CC(C)C1=CCCC1.CC(C)C1CCCC1. The highest BCUT2D eigenvalue weighted by Crippen LogP contribution is 2.30. The van der Waals surface area contributed by atoms with E-state index in [2.05, 4.69) is 33.8 Å². The minimum Gasteiger partial charge on any atom is -0.0851 e. The summed E-state index contributed by atoms with van der Waals surface area (Å²) < 4.78 is 0. The lowest BCUT2D eigenvalue weighted by Crippen LogP contribution is -2.01. The van der Waals surface area contributed by atoms with Crippen LogP contribution in [0.5, 0.6) is 0 Å². The monoisotopic (exact) mass is 222 g/mol. The van der Waals surface area contributed by atoms with Crippen LogP contribution in [-0.2, 0) is 0 Å². The topological polar surface area (TPSA) is 0 Å². The van der Waals surface area contributed by atoms with Gasteiger partial charge in [-0.25, -0.2) is 0 Å². The fraction of sp³-hybridized carbons (Fsp3) is 0.875. The molecule has 0 spiro atoms. The molecule has 0 amide bonds. The second kappa shape index (κ2) is 7.14. The van der Waals surface area contributed by atoms with Gasteiger partial charge in [-0.05, 0) is 37.0 Å². The van der Waals surface area contributed by atoms with Crippen molar-refractivity contribution in [2.24, 2.45) is 17.8 Å². The molecule has 0 saturated heterocycles. The first kappa shape index (κ1) is 13.8. The molecule has 0 N–H and O–H groups in total. The minimum absolute atomic E-state index is 0.803. The van der Waals surface area contributed by atoms with Gasteiger partial charge in [-0.3, -0.25) is 0 Å². The Morgan fingerprint density at radius 2 is 1.62 bits per heavy atom. The Labute approximate surface area is 103 Å². The van der Waals surface area contributed by atoms with Crippen molar-refractivity contribution in [3.05, 3.63) is 11.6 Å². The van der Waals surface area contributed by atoms with Crippen LogP contribution in [0, 0.1) is 17.8 Å². The van der Waals surface area contributed by atoms with E-state index in [4.69, 9.17) is 0 Å². The number of allylic oxidation sites excluding steroid dienone is 2. The first-order chi connectivity index (χ1) is 7.61. The molecule has 2 aliphatic rings. The lowest BCUT2D eigenvalue weighted by atomic mass is 9.95. The summed E-state index contributed by atoms with van der Waals surface area (Å²) in [6, 6.07) is 0. The maximum atomic E-state index is 2.39. The quantitative estimate of drug-likeness (QED) is 0.535. The summed E-state index contributed by atoms with van der Waals surface area (Å²) in [4.78, 5) is 0. The lowest BCUT2D eigenvalue weighted by Gasteiger charge is -2.11. The van der Waals surface area contributed by atoms with Gasteiger partial charge in [0, 0.05) is 0 Å². The fourth-order valence-electron chi connectivity index (χ4n) is 2.84. The van der Waals surface area contributed by atoms with Crippen molar-refractivity contribution in [1.29, 1.82) is 0 Å². The van der Waals surface area contributed by atoms with E-state index in [0.717, 1.165) is 17.8 Å². The van der Waals surface area contributed by atoms with E-state index < -0.39 is 0 Å². The molecule has 94 valence electrons. The van der Waals surface area contributed by atoms with E-state index in [1.165, 1.54) is 44.9 Å². The standard InChI is InChI=1S/C8H16.C8H14/c2*1-7(2)8-5-3-4-6-8/h7-8H,3-6H2,1-2H3;5,7H,3-4,6H2,1-2H3. The number of rotatable bonds is 2. The predicted molar refractivity (Wildman–Crippen MR) is 73.6 cm³/mol. The summed E-state index contributed by atoms with van der Waals surface area (Å²) in [5.74, 6) is 2.81. The molecular weight excluding hydrogens is 192 g/mol. The number of hydrogen-bond acceptors (Lipinski definition) is 0. The molecule has 0 aromatic rings. The highest BCUT2D eigenvalue weighted by Gasteiger charge is 2.17. The molecule has 0 atom stereocenters. The van der Waals surface area contributed by atoms with E-state index >= 15 is 0 Å². The van der Waals surface area contributed by atoms with E-state index in [1.807, 2.05) is 0 Å². The average molecular weight is 222 g/mol. The molecule has 0 heterocycles. The zero-order valence-electron chi connectivity index (χ0n) is 11.8. The van der Waals surface area contributed by atoms with Crippen molar-refractivity contribution >= 4 is 0 Å². The Hall–Kier alpha value is -0.260. The molecule has 16 heavy (non-hydrogen) atoms. The van der Waals surface area contributed by atoms with Crippen LogP contribution in [0.4, 0.5) is 0 Å². The molecule has 0 aromatic carbocycles. The fourth-order valence-corrected chi connectivity index (χ4v) is 2.84. The Bertz CT molecular complexity index is 204. The third-order valence-corrected chi connectivity index (χ3v) is 4.16. The normalized spacial score (nSPS) is 21.2. The molecule has 0 bridgehead atoms. The van der Waals surface area contributed by atoms with Crippen molar-refractivity contribution < 1.29 is 0 Å². The molecular formula is C16H30. The van der Waals surface area contributed by atoms with Crippen LogP contribution < -0.4 is 0 Å².